The van der Waals surface area contributed by atoms with E-state index in [1.165, 1.54) is 0 Å². The van der Waals surface area contributed by atoms with E-state index in [1.54, 1.807) is 17.9 Å². The van der Waals surface area contributed by atoms with E-state index in [2.05, 4.69) is 10.4 Å². The van der Waals surface area contributed by atoms with Gasteiger partial charge in [-0.05, 0) is 43.7 Å². The summed E-state index contributed by atoms with van der Waals surface area (Å²) in [4.78, 5) is 0. The van der Waals surface area contributed by atoms with Gasteiger partial charge in [0.2, 0.25) is 0 Å². The first kappa shape index (κ1) is 14.6. The third-order valence-corrected chi connectivity index (χ3v) is 3.37. The lowest BCUT2D eigenvalue weighted by atomic mass is 10.0. The largest absolute Gasteiger partial charge is 0.313 e. The van der Waals surface area contributed by atoms with Gasteiger partial charge in [-0.3, -0.25) is 4.68 Å². The van der Waals surface area contributed by atoms with E-state index in [1.807, 2.05) is 13.1 Å². The Bertz CT molecular complexity index is 572. The number of nitrogens with zero attached hydrogens (tertiary/aromatic N) is 2. The molecular weight excluding hydrogens is 267 g/mol. The van der Waals surface area contributed by atoms with Crippen molar-refractivity contribution in [2.75, 3.05) is 7.05 Å². The molecule has 6 heteroatoms. The van der Waals surface area contributed by atoms with Gasteiger partial charge < -0.3 is 5.32 Å². The van der Waals surface area contributed by atoms with Crippen LogP contribution in [0.5, 0.6) is 0 Å². The van der Waals surface area contributed by atoms with E-state index >= 15 is 0 Å². The van der Waals surface area contributed by atoms with Gasteiger partial charge in [0.15, 0.2) is 17.5 Å². The van der Waals surface area contributed by atoms with E-state index in [4.69, 9.17) is 0 Å². The maximum absolute atomic E-state index is 13.3. The van der Waals surface area contributed by atoms with Gasteiger partial charge in [-0.25, -0.2) is 13.2 Å². The minimum absolute atomic E-state index is 0.255. The summed E-state index contributed by atoms with van der Waals surface area (Å²) >= 11 is 0. The van der Waals surface area contributed by atoms with Gasteiger partial charge in [0, 0.05) is 25.0 Å². The van der Waals surface area contributed by atoms with Crippen molar-refractivity contribution in [2.45, 2.75) is 18.9 Å². The second-order valence-corrected chi connectivity index (χ2v) is 4.62. The topological polar surface area (TPSA) is 29.9 Å². The maximum atomic E-state index is 13.3. The summed E-state index contributed by atoms with van der Waals surface area (Å²) in [6.07, 6.45) is 3.02. The lowest BCUT2D eigenvalue weighted by Gasteiger charge is -2.17. The van der Waals surface area contributed by atoms with Crippen LogP contribution in [0.25, 0.3) is 0 Å². The first-order chi connectivity index (χ1) is 9.52. The zero-order valence-corrected chi connectivity index (χ0v) is 11.3. The van der Waals surface area contributed by atoms with E-state index in [9.17, 15) is 13.2 Å². The molecule has 0 aliphatic heterocycles. The summed E-state index contributed by atoms with van der Waals surface area (Å²) in [6.45, 7) is 0. The zero-order valence-electron chi connectivity index (χ0n) is 11.3. The Labute approximate surface area is 115 Å². The van der Waals surface area contributed by atoms with Crippen LogP contribution in [0.3, 0.4) is 0 Å². The minimum Gasteiger partial charge on any atom is -0.313 e. The SMILES string of the molecule is CNC(CCc1ccnn1C)c1cc(F)c(F)c(F)c1. The lowest BCUT2D eigenvalue weighted by molar-refractivity contribution is 0.439. The second kappa shape index (κ2) is 6.09. The summed E-state index contributed by atoms with van der Waals surface area (Å²) in [7, 11) is 3.54. The molecule has 1 N–H and O–H groups in total. The second-order valence-electron chi connectivity index (χ2n) is 4.62. The minimum atomic E-state index is -1.43. The molecule has 0 spiro atoms. The molecule has 1 aromatic heterocycles. The molecular formula is C14H16F3N3. The predicted molar refractivity (Wildman–Crippen MR) is 69.6 cm³/mol. The van der Waals surface area contributed by atoms with E-state index in [0.29, 0.717) is 18.4 Å². The molecule has 1 atom stereocenters. The lowest BCUT2D eigenvalue weighted by Crippen LogP contribution is -2.18. The van der Waals surface area contributed by atoms with Crippen LogP contribution in [0, 0.1) is 17.5 Å². The standard InChI is InChI=1S/C14H16F3N3/c1-18-13(4-3-10-5-6-19-20(10)2)9-7-11(15)14(17)12(16)8-9/h5-8,13,18H,3-4H2,1-2H3. The molecule has 1 unspecified atom stereocenters. The number of aryl methyl sites for hydroxylation is 2. The molecule has 0 fully saturated rings. The Kier molecular flexibility index (Phi) is 4.44. The highest BCUT2D eigenvalue weighted by molar-refractivity contribution is 5.23. The van der Waals surface area contributed by atoms with Crippen molar-refractivity contribution in [3.05, 3.63) is 53.1 Å². The van der Waals surface area contributed by atoms with E-state index < -0.39 is 17.5 Å². The van der Waals surface area contributed by atoms with Crippen LogP contribution in [0.2, 0.25) is 0 Å². The van der Waals surface area contributed by atoms with Crippen molar-refractivity contribution >= 4 is 0 Å². The van der Waals surface area contributed by atoms with Crippen LogP contribution in [-0.2, 0) is 13.5 Å². The van der Waals surface area contributed by atoms with Crippen LogP contribution >= 0.6 is 0 Å². The molecule has 0 amide bonds. The third kappa shape index (κ3) is 3.01. The Morgan fingerprint density at radius 2 is 1.90 bits per heavy atom. The molecule has 0 aliphatic carbocycles. The van der Waals surface area contributed by atoms with Crippen molar-refractivity contribution in [3.8, 4) is 0 Å². The van der Waals surface area contributed by atoms with Gasteiger partial charge >= 0.3 is 0 Å². The number of aromatic nitrogens is 2. The molecule has 1 aromatic carbocycles. The Balaban J connectivity index is 2.14. The number of rotatable bonds is 5. The maximum Gasteiger partial charge on any atom is 0.194 e. The smallest absolute Gasteiger partial charge is 0.194 e. The van der Waals surface area contributed by atoms with Crippen molar-refractivity contribution in [1.82, 2.24) is 15.1 Å². The summed E-state index contributed by atoms with van der Waals surface area (Å²) in [5, 5.41) is 7.05. The van der Waals surface area contributed by atoms with Gasteiger partial charge in [0.05, 0.1) is 0 Å². The molecule has 0 saturated heterocycles. The third-order valence-electron chi connectivity index (χ3n) is 3.37. The van der Waals surface area contributed by atoms with Gasteiger partial charge in [-0.2, -0.15) is 5.10 Å². The molecule has 0 radical (unpaired) electrons. The van der Waals surface area contributed by atoms with Crippen LogP contribution in [-0.4, -0.2) is 16.8 Å². The highest BCUT2D eigenvalue weighted by Crippen LogP contribution is 2.22. The molecule has 108 valence electrons. The van der Waals surface area contributed by atoms with Crippen LogP contribution in [0.4, 0.5) is 13.2 Å². The molecule has 20 heavy (non-hydrogen) atoms. The molecule has 0 saturated carbocycles. The fourth-order valence-electron chi connectivity index (χ4n) is 2.19. The van der Waals surface area contributed by atoms with E-state index in [-0.39, 0.29) is 6.04 Å². The van der Waals surface area contributed by atoms with Crippen molar-refractivity contribution in [2.24, 2.45) is 7.05 Å². The number of hydrogen-bond acceptors (Lipinski definition) is 2. The number of benzene rings is 1. The Hall–Kier alpha value is -1.82. The van der Waals surface area contributed by atoms with Gasteiger partial charge in [-0.1, -0.05) is 0 Å². The molecule has 2 rings (SSSR count). The summed E-state index contributed by atoms with van der Waals surface area (Å²) in [6, 6.07) is 3.69. The summed E-state index contributed by atoms with van der Waals surface area (Å²) < 4.78 is 41.2. The molecule has 2 aromatic rings. The Morgan fingerprint density at radius 3 is 2.40 bits per heavy atom. The van der Waals surface area contributed by atoms with E-state index in [0.717, 1.165) is 17.8 Å². The zero-order chi connectivity index (χ0) is 14.7. The average Bonchev–Trinajstić information content (AvgIpc) is 2.82. The predicted octanol–water partition coefficient (Wildman–Crippen LogP) is 2.73. The van der Waals surface area contributed by atoms with Crippen molar-refractivity contribution < 1.29 is 13.2 Å². The monoisotopic (exact) mass is 283 g/mol. The van der Waals surface area contributed by atoms with Gasteiger partial charge in [0.1, 0.15) is 0 Å². The first-order valence-electron chi connectivity index (χ1n) is 6.31. The average molecular weight is 283 g/mol. The highest BCUT2D eigenvalue weighted by atomic mass is 19.2. The quantitative estimate of drug-likeness (QED) is 0.855. The fraction of sp³-hybridized carbons (Fsp3) is 0.357. The summed E-state index contributed by atoms with van der Waals surface area (Å²) in [5.74, 6) is -3.77. The normalized spacial score (nSPS) is 12.7. The molecule has 1 heterocycles. The van der Waals surface area contributed by atoms with Crippen LogP contribution in [0.1, 0.15) is 23.7 Å². The fourth-order valence-corrected chi connectivity index (χ4v) is 2.19. The number of hydrogen-bond donors (Lipinski definition) is 1. The Morgan fingerprint density at radius 1 is 1.25 bits per heavy atom. The number of halogens is 3. The van der Waals surface area contributed by atoms with Gasteiger partial charge in [0.25, 0.3) is 0 Å². The molecule has 0 aliphatic rings. The number of nitrogens with one attached hydrogen (secondary N) is 1. The first-order valence-corrected chi connectivity index (χ1v) is 6.31. The van der Waals surface area contributed by atoms with Gasteiger partial charge in [-0.15, -0.1) is 0 Å². The molecule has 3 nitrogen and oxygen atoms in total. The summed E-state index contributed by atoms with van der Waals surface area (Å²) in [5.41, 5.74) is 1.42. The van der Waals surface area contributed by atoms with Crippen LogP contribution in [0.15, 0.2) is 24.4 Å². The van der Waals surface area contributed by atoms with Crippen molar-refractivity contribution in [3.63, 3.8) is 0 Å². The molecule has 0 bridgehead atoms. The van der Waals surface area contributed by atoms with Crippen LogP contribution < -0.4 is 5.32 Å². The van der Waals surface area contributed by atoms with Crippen molar-refractivity contribution in [1.29, 1.82) is 0 Å². The highest BCUT2D eigenvalue weighted by Gasteiger charge is 2.16.